The van der Waals surface area contributed by atoms with Crippen molar-refractivity contribution < 1.29 is 14.3 Å². The highest BCUT2D eigenvalue weighted by molar-refractivity contribution is 5.94. The van der Waals surface area contributed by atoms with Crippen LogP contribution in [0.4, 0.5) is 15.8 Å². The zero-order chi connectivity index (χ0) is 15.4. The number of nitrogens with two attached hydrogens (primary N) is 1. The van der Waals surface area contributed by atoms with E-state index in [1.54, 1.807) is 0 Å². The van der Waals surface area contributed by atoms with Crippen molar-refractivity contribution >= 4 is 17.3 Å². The molecule has 4 N–H and O–H groups in total. The van der Waals surface area contributed by atoms with E-state index in [2.05, 4.69) is 12.2 Å². The third-order valence-corrected chi connectivity index (χ3v) is 4.49. The van der Waals surface area contributed by atoms with Gasteiger partial charge in [0, 0.05) is 12.2 Å². The predicted octanol–water partition coefficient (Wildman–Crippen LogP) is 3.73. The van der Waals surface area contributed by atoms with E-state index in [1.807, 2.05) is 0 Å². The maximum atomic E-state index is 13.8. The Bertz CT molecular complexity index is 511. The Labute approximate surface area is 124 Å². The lowest BCUT2D eigenvalue weighted by atomic mass is 9.81. The van der Waals surface area contributed by atoms with Crippen LogP contribution in [0.1, 0.15) is 49.4 Å². The van der Waals surface area contributed by atoms with Crippen LogP contribution in [0.15, 0.2) is 12.1 Å². The summed E-state index contributed by atoms with van der Waals surface area (Å²) in [7, 11) is 0. The Kier molecular flexibility index (Phi) is 5.04. The van der Waals surface area contributed by atoms with Crippen molar-refractivity contribution in [3.63, 3.8) is 0 Å². The van der Waals surface area contributed by atoms with E-state index in [4.69, 9.17) is 10.8 Å². The number of rotatable bonds is 5. The van der Waals surface area contributed by atoms with Gasteiger partial charge in [-0.15, -0.1) is 0 Å². The van der Waals surface area contributed by atoms with Gasteiger partial charge in [0.2, 0.25) is 0 Å². The Morgan fingerprint density at radius 1 is 1.33 bits per heavy atom. The second-order valence-corrected chi connectivity index (χ2v) is 5.90. The first-order chi connectivity index (χ1) is 10.0. The van der Waals surface area contributed by atoms with Gasteiger partial charge in [0.15, 0.2) is 0 Å². The van der Waals surface area contributed by atoms with Crippen LogP contribution in [0.5, 0.6) is 0 Å². The molecule has 1 saturated carbocycles. The molecule has 1 aromatic rings. The van der Waals surface area contributed by atoms with E-state index < -0.39 is 11.8 Å². The van der Waals surface area contributed by atoms with Crippen LogP contribution in [0, 0.1) is 17.7 Å². The standard InChI is InChI=1S/C16H23FN2O2/c1-2-10-3-5-11(6-4-10)9-19-15-7-12(16(20)21)14(18)8-13(15)17/h7-8,10-11,19H,2-6,9,18H2,1H3,(H,20,21). The van der Waals surface area contributed by atoms with E-state index >= 15 is 0 Å². The minimum atomic E-state index is -1.14. The molecule has 0 heterocycles. The fourth-order valence-electron chi connectivity index (χ4n) is 3.01. The third-order valence-electron chi connectivity index (χ3n) is 4.49. The molecule has 21 heavy (non-hydrogen) atoms. The van der Waals surface area contributed by atoms with Crippen LogP contribution in [0.25, 0.3) is 0 Å². The number of carbonyl (C=O) groups is 1. The van der Waals surface area contributed by atoms with Crippen LogP contribution in [-0.4, -0.2) is 17.6 Å². The van der Waals surface area contributed by atoms with Crippen LogP contribution in [0.2, 0.25) is 0 Å². The Morgan fingerprint density at radius 2 is 1.95 bits per heavy atom. The Balaban J connectivity index is 1.97. The summed E-state index contributed by atoms with van der Waals surface area (Å²) in [5.74, 6) is -0.287. The highest BCUT2D eigenvalue weighted by Crippen LogP contribution is 2.31. The van der Waals surface area contributed by atoms with Crippen molar-refractivity contribution in [1.29, 1.82) is 0 Å². The van der Waals surface area contributed by atoms with Gasteiger partial charge in [-0.25, -0.2) is 9.18 Å². The Morgan fingerprint density at radius 3 is 2.52 bits per heavy atom. The Hall–Kier alpha value is -1.78. The van der Waals surface area contributed by atoms with Gasteiger partial charge >= 0.3 is 5.97 Å². The van der Waals surface area contributed by atoms with Crippen LogP contribution >= 0.6 is 0 Å². The van der Waals surface area contributed by atoms with Gasteiger partial charge in [-0.1, -0.05) is 26.2 Å². The summed E-state index contributed by atoms with van der Waals surface area (Å²) in [6.45, 7) is 2.90. The monoisotopic (exact) mass is 294 g/mol. The molecule has 0 radical (unpaired) electrons. The summed E-state index contributed by atoms with van der Waals surface area (Å²) in [6, 6.07) is 2.35. The molecule has 0 aliphatic heterocycles. The first kappa shape index (κ1) is 15.6. The second-order valence-electron chi connectivity index (χ2n) is 5.90. The van der Waals surface area contributed by atoms with E-state index in [-0.39, 0.29) is 16.9 Å². The summed E-state index contributed by atoms with van der Waals surface area (Å²) in [4.78, 5) is 11.0. The SMILES string of the molecule is CCC1CCC(CNc2cc(C(=O)O)c(N)cc2F)CC1. The number of nitrogen functional groups attached to an aromatic ring is 1. The van der Waals surface area contributed by atoms with Crippen molar-refractivity contribution in [3.8, 4) is 0 Å². The molecule has 4 nitrogen and oxygen atoms in total. The molecule has 1 aliphatic carbocycles. The van der Waals surface area contributed by atoms with Crippen molar-refractivity contribution in [1.82, 2.24) is 0 Å². The number of halogens is 1. The van der Waals surface area contributed by atoms with Crippen molar-refractivity contribution in [2.24, 2.45) is 11.8 Å². The number of benzene rings is 1. The normalized spacial score (nSPS) is 22.0. The number of carboxylic acid groups (broad SMARTS) is 1. The molecule has 0 aromatic heterocycles. The molecular formula is C16H23FN2O2. The topological polar surface area (TPSA) is 75.3 Å². The maximum absolute atomic E-state index is 13.8. The number of aromatic carboxylic acids is 1. The number of nitrogens with one attached hydrogen (secondary N) is 1. The molecule has 1 aromatic carbocycles. The van der Waals surface area contributed by atoms with Gasteiger partial charge < -0.3 is 16.2 Å². The second kappa shape index (κ2) is 6.78. The third kappa shape index (κ3) is 3.86. The molecule has 0 unspecified atom stereocenters. The molecule has 0 bridgehead atoms. The summed E-state index contributed by atoms with van der Waals surface area (Å²) < 4.78 is 13.8. The average molecular weight is 294 g/mol. The number of hydrogen-bond donors (Lipinski definition) is 3. The molecule has 1 aliphatic rings. The maximum Gasteiger partial charge on any atom is 0.337 e. The van der Waals surface area contributed by atoms with Crippen LogP contribution in [-0.2, 0) is 0 Å². The molecule has 116 valence electrons. The van der Waals surface area contributed by atoms with E-state index in [9.17, 15) is 9.18 Å². The molecular weight excluding hydrogens is 271 g/mol. The minimum Gasteiger partial charge on any atom is -0.478 e. The number of hydrogen-bond acceptors (Lipinski definition) is 3. The van der Waals surface area contributed by atoms with Gasteiger partial charge in [0.25, 0.3) is 0 Å². The zero-order valence-corrected chi connectivity index (χ0v) is 12.4. The lowest BCUT2D eigenvalue weighted by molar-refractivity contribution is 0.0698. The van der Waals surface area contributed by atoms with E-state index in [0.29, 0.717) is 12.5 Å². The number of carboxylic acids is 1. The van der Waals surface area contributed by atoms with Gasteiger partial charge in [-0.2, -0.15) is 0 Å². The van der Waals surface area contributed by atoms with Gasteiger partial charge in [-0.3, -0.25) is 0 Å². The lowest BCUT2D eigenvalue weighted by Crippen LogP contribution is -2.21. The first-order valence-electron chi connectivity index (χ1n) is 7.57. The lowest BCUT2D eigenvalue weighted by Gasteiger charge is -2.28. The largest absolute Gasteiger partial charge is 0.478 e. The van der Waals surface area contributed by atoms with Crippen LogP contribution in [0.3, 0.4) is 0 Å². The smallest absolute Gasteiger partial charge is 0.337 e. The van der Waals surface area contributed by atoms with Crippen molar-refractivity contribution in [2.75, 3.05) is 17.6 Å². The minimum absolute atomic E-state index is 0.0472. The molecule has 0 saturated heterocycles. The van der Waals surface area contributed by atoms with Gasteiger partial charge in [0.1, 0.15) is 5.82 Å². The summed E-state index contributed by atoms with van der Waals surface area (Å²) in [5.41, 5.74) is 5.62. The van der Waals surface area contributed by atoms with Crippen molar-refractivity contribution in [3.05, 3.63) is 23.5 Å². The van der Waals surface area contributed by atoms with Gasteiger partial charge in [0.05, 0.1) is 11.3 Å². The van der Waals surface area contributed by atoms with E-state index in [0.717, 1.165) is 24.8 Å². The molecule has 5 heteroatoms. The highest BCUT2D eigenvalue weighted by atomic mass is 19.1. The summed E-state index contributed by atoms with van der Waals surface area (Å²) in [5, 5.41) is 12.1. The first-order valence-corrected chi connectivity index (χ1v) is 7.57. The highest BCUT2D eigenvalue weighted by Gasteiger charge is 2.20. The molecule has 0 spiro atoms. The molecule has 2 rings (SSSR count). The van der Waals surface area contributed by atoms with Gasteiger partial charge in [-0.05, 0) is 36.8 Å². The molecule has 1 fully saturated rings. The quantitative estimate of drug-likeness (QED) is 0.723. The summed E-state index contributed by atoms with van der Waals surface area (Å²) >= 11 is 0. The summed E-state index contributed by atoms with van der Waals surface area (Å²) in [6.07, 6.45) is 5.98. The average Bonchev–Trinajstić information content (AvgIpc) is 2.46. The predicted molar refractivity (Wildman–Crippen MR) is 82.0 cm³/mol. The molecule has 0 atom stereocenters. The fourth-order valence-corrected chi connectivity index (χ4v) is 3.01. The van der Waals surface area contributed by atoms with E-state index in [1.165, 1.54) is 25.3 Å². The number of anilines is 2. The van der Waals surface area contributed by atoms with Crippen molar-refractivity contribution in [2.45, 2.75) is 39.0 Å². The zero-order valence-electron chi connectivity index (χ0n) is 12.4. The fraction of sp³-hybridized carbons (Fsp3) is 0.562. The van der Waals surface area contributed by atoms with Crippen LogP contribution < -0.4 is 11.1 Å². The molecule has 0 amide bonds.